The Morgan fingerprint density at radius 3 is 1.54 bits per heavy atom. The van der Waals surface area contributed by atoms with Crippen molar-refractivity contribution in [2.75, 3.05) is 20.3 Å². The van der Waals surface area contributed by atoms with Crippen LogP contribution in [0.3, 0.4) is 0 Å². The number of methoxy groups -OCH3 is 1. The Labute approximate surface area is 157 Å². The minimum absolute atomic E-state index is 0.617. The van der Waals surface area contributed by atoms with Gasteiger partial charge in [-0.25, -0.2) is 0 Å². The molecule has 0 aliphatic carbocycles. The van der Waals surface area contributed by atoms with Crippen LogP contribution < -0.4 is 0 Å². The summed E-state index contributed by atoms with van der Waals surface area (Å²) >= 11 is -2.27. The van der Waals surface area contributed by atoms with E-state index in [4.69, 9.17) is 9.47 Å². The van der Waals surface area contributed by atoms with Crippen molar-refractivity contribution in [2.45, 2.75) is 103 Å². The monoisotopic (exact) mass is 450 g/mol. The normalized spacial score (nSPS) is 13.6. The van der Waals surface area contributed by atoms with Crippen molar-refractivity contribution in [3.05, 3.63) is 0 Å². The number of unbranched alkanes of at least 4 members (excludes halogenated alkanes) is 4. The van der Waals surface area contributed by atoms with Crippen LogP contribution in [0.1, 0.15) is 86.0 Å². The summed E-state index contributed by atoms with van der Waals surface area (Å²) in [5.41, 5.74) is 0. The van der Waals surface area contributed by atoms with Crippen molar-refractivity contribution < 1.29 is 9.47 Å². The quantitative estimate of drug-likeness (QED) is 0.179. The maximum atomic E-state index is 6.64. The van der Waals surface area contributed by atoms with Gasteiger partial charge in [0, 0.05) is 0 Å². The van der Waals surface area contributed by atoms with Gasteiger partial charge in [0.1, 0.15) is 0 Å². The van der Waals surface area contributed by atoms with Gasteiger partial charge in [-0.05, 0) is 0 Å². The molecule has 0 aromatic rings. The van der Waals surface area contributed by atoms with E-state index in [2.05, 4.69) is 34.6 Å². The average Bonchev–Trinajstić information content (AvgIpc) is 2.58. The fourth-order valence-corrected chi connectivity index (χ4v) is 23.0. The van der Waals surface area contributed by atoms with Gasteiger partial charge in [-0.1, -0.05) is 0 Å². The third-order valence-electron chi connectivity index (χ3n) is 5.33. The second-order valence-electron chi connectivity index (χ2n) is 7.91. The molecule has 0 rings (SSSR count). The Bertz CT molecular complexity index is 247. The molecule has 0 N–H and O–H groups in total. The summed E-state index contributed by atoms with van der Waals surface area (Å²) in [4.78, 5) is 0. The van der Waals surface area contributed by atoms with E-state index < -0.39 is 18.4 Å². The van der Waals surface area contributed by atoms with Crippen LogP contribution in [0, 0.1) is 5.92 Å². The Morgan fingerprint density at radius 1 is 0.708 bits per heavy atom. The molecule has 0 aliphatic heterocycles. The van der Waals surface area contributed by atoms with E-state index in [1.807, 2.05) is 0 Å². The molecular formula is C21H46O2Sn. The zero-order valence-electron chi connectivity index (χ0n) is 17.7. The first-order valence-electron chi connectivity index (χ1n) is 10.7. The third-order valence-corrected chi connectivity index (χ3v) is 22.7. The number of hydrogen-bond acceptors (Lipinski definition) is 2. The summed E-state index contributed by atoms with van der Waals surface area (Å²) < 4.78 is 17.1. The second-order valence-corrected chi connectivity index (χ2v) is 21.6. The molecule has 3 heteroatoms. The molecule has 146 valence electrons. The standard InChI is InChI=1S/C9H19O2.3C4H9.Sn/c1-9(2)8-11-7-5-4-6-10-3;3*1-3-4-2;/h8-9H,4-7H2,1-3H3;3*1,3-4H2,2H3;. The Kier molecular flexibility index (Phi) is 16.4. The van der Waals surface area contributed by atoms with E-state index in [0.29, 0.717) is 10.0 Å². The molecule has 2 nitrogen and oxygen atoms in total. The molecule has 0 saturated carbocycles. The van der Waals surface area contributed by atoms with Crippen LogP contribution >= 0.6 is 0 Å². The minimum atomic E-state index is -2.27. The first kappa shape index (κ1) is 24.7. The van der Waals surface area contributed by atoms with Crippen molar-refractivity contribution in [3.63, 3.8) is 0 Å². The molecule has 0 aromatic heterocycles. The fourth-order valence-electron chi connectivity index (χ4n) is 4.02. The predicted octanol–water partition coefficient (Wildman–Crippen LogP) is 6.84. The van der Waals surface area contributed by atoms with Crippen LogP contribution in [0.25, 0.3) is 0 Å². The van der Waals surface area contributed by atoms with Gasteiger partial charge in [-0.3, -0.25) is 0 Å². The van der Waals surface area contributed by atoms with Crippen molar-refractivity contribution in [2.24, 2.45) is 5.92 Å². The molecule has 0 bridgehead atoms. The summed E-state index contributed by atoms with van der Waals surface area (Å²) in [6.07, 6.45) is 10.6. The molecule has 0 aromatic carbocycles. The van der Waals surface area contributed by atoms with Crippen LogP contribution in [0.2, 0.25) is 13.3 Å². The fraction of sp³-hybridized carbons (Fsp3) is 1.00. The summed E-state index contributed by atoms with van der Waals surface area (Å²) in [5.74, 6) is 0.689. The maximum absolute atomic E-state index is 6.64. The van der Waals surface area contributed by atoms with Gasteiger partial charge < -0.3 is 0 Å². The Balaban J connectivity index is 5.04. The molecule has 0 aliphatic rings. The number of rotatable bonds is 17. The molecule has 24 heavy (non-hydrogen) atoms. The van der Waals surface area contributed by atoms with Crippen LogP contribution in [0.5, 0.6) is 0 Å². The number of hydrogen-bond donors (Lipinski definition) is 0. The van der Waals surface area contributed by atoms with Gasteiger partial charge in [0.2, 0.25) is 0 Å². The van der Waals surface area contributed by atoms with Crippen molar-refractivity contribution in [1.82, 2.24) is 0 Å². The van der Waals surface area contributed by atoms with E-state index in [9.17, 15) is 0 Å². The van der Waals surface area contributed by atoms with Gasteiger partial charge in [0.15, 0.2) is 0 Å². The van der Waals surface area contributed by atoms with E-state index in [0.717, 1.165) is 26.1 Å². The van der Waals surface area contributed by atoms with Gasteiger partial charge in [-0.15, -0.1) is 0 Å². The van der Waals surface area contributed by atoms with Crippen molar-refractivity contribution in [1.29, 1.82) is 0 Å². The topological polar surface area (TPSA) is 18.5 Å². The molecule has 0 saturated heterocycles. The molecule has 1 atom stereocenters. The van der Waals surface area contributed by atoms with Crippen molar-refractivity contribution >= 4 is 18.4 Å². The van der Waals surface area contributed by atoms with Crippen LogP contribution in [-0.2, 0) is 9.47 Å². The van der Waals surface area contributed by atoms with Gasteiger partial charge in [0.05, 0.1) is 0 Å². The van der Waals surface area contributed by atoms with Gasteiger partial charge >= 0.3 is 158 Å². The van der Waals surface area contributed by atoms with Gasteiger partial charge in [-0.2, -0.15) is 0 Å². The van der Waals surface area contributed by atoms with E-state index in [1.54, 1.807) is 20.4 Å². The molecule has 0 heterocycles. The van der Waals surface area contributed by atoms with Crippen molar-refractivity contribution in [3.8, 4) is 0 Å². The molecular weight excluding hydrogens is 403 g/mol. The molecule has 0 unspecified atom stereocenters. The number of ether oxygens (including phenoxy) is 2. The molecule has 0 radical (unpaired) electrons. The van der Waals surface area contributed by atoms with Crippen LogP contribution in [0.4, 0.5) is 0 Å². The molecule has 0 spiro atoms. The molecule has 0 fully saturated rings. The van der Waals surface area contributed by atoms with E-state index in [-0.39, 0.29) is 0 Å². The van der Waals surface area contributed by atoms with Crippen LogP contribution in [-0.4, -0.2) is 42.8 Å². The Morgan fingerprint density at radius 2 is 1.17 bits per heavy atom. The Hall–Kier alpha value is 0.719. The zero-order valence-corrected chi connectivity index (χ0v) is 20.5. The first-order valence-corrected chi connectivity index (χ1v) is 18.4. The van der Waals surface area contributed by atoms with E-state index >= 15 is 0 Å². The average molecular weight is 449 g/mol. The predicted molar refractivity (Wildman–Crippen MR) is 111 cm³/mol. The summed E-state index contributed by atoms with van der Waals surface area (Å²) in [6.45, 7) is 13.7. The molecule has 0 amide bonds. The summed E-state index contributed by atoms with van der Waals surface area (Å²) in [5, 5.41) is 0. The summed E-state index contributed by atoms with van der Waals surface area (Å²) in [6, 6.07) is 0. The second kappa shape index (κ2) is 15.9. The zero-order chi connectivity index (χ0) is 18.3. The summed E-state index contributed by atoms with van der Waals surface area (Å²) in [7, 11) is 1.79. The van der Waals surface area contributed by atoms with Gasteiger partial charge in [0.25, 0.3) is 0 Å². The van der Waals surface area contributed by atoms with E-state index in [1.165, 1.54) is 38.5 Å². The SMILES string of the molecule is CCC[CH2][Sn]([CH2]CCC)([CH2]CCC)[C@@H](OCCCCOC)C(C)C. The first-order chi connectivity index (χ1) is 11.6. The van der Waals surface area contributed by atoms with Crippen LogP contribution in [0.15, 0.2) is 0 Å². The third kappa shape index (κ3) is 10.0.